The van der Waals surface area contributed by atoms with Crippen molar-refractivity contribution < 1.29 is 36.4 Å². The molecule has 1 aliphatic carbocycles. The number of benzene rings is 2. The lowest BCUT2D eigenvalue weighted by Crippen LogP contribution is -2.31. The van der Waals surface area contributed by atoms with Gasteiger partial charge in [-0.05, 0) is 47.7 Å². The number of carbonyl (C=O) groups is 2. The molecule has 0 aliphatic heterocycles. The number of sulfonamides is 1. The number of nitrogens with one attached hydrogen (secondary N) is 1. The topological polar surface area (TPSA) is 115 Å². The van der Waals surface area contributed by atoms with Gasteiger partial charge in [0.2, 0.25) is 15.9 Å². The monoisotopic (exact) mass is 559 g/mol. The van der Waals surface area contributed by atoms with Crippen LogP contribution >= 0.6 is 0 Å². The molecule has 0 radical (unpaired) electrons. The third kappa shape index (κ3) is 7.02. The predicted octanol–water partition coefficient (Wildman–Crippen LogP) is 3.46. The van der Waals surface area contributed by atoms with Crippen LogP contribution in [0.1, 0.15) is 28.0 Å². The van der Waals surface area contributed by atoms with Crippen LogP contribution in [-0.2, 0) is 37.5 Å². The lowest BCUT2D eigenvalue weighted by molar-refractivity contribution is -0.124. The van der Waals surface area contributed by atoms with Crippen LogP contribution < -0.4 is 5.32 Å². The minimum absolute atomic E-state index is 0.0250. The molecule has 1 amide bonds. The quantitative estimate of drug-likeness (QED) is 0.283. The van der Waals surface area contributed by atoms with E-state index >= 15 is 0 Å². The second kappa shape index (κ2) is 12.0. The van der Waals surface area contributed by atoms with E-state index in [4.69, 9.17) is 4.84 Å². The number of rotatable bonds is 11. The number of halogens is 2. The Kier molecular flexibility index (Phi) is 8.68. The fourth-order valence-corrected chi connectivity index (χ4v) is 4.68. The molecule has 39 heavy (non-hydrogen) atoms. The fraction of sp³-hybridized carbons (Fsp3) is 0.296. The number of aromatic nitrogens is 1. The summed E-state index contributed by atoms with van der Waals surface area (Å²) in [6.07, 6.45) is 3.08. The van der Waals surface area contributed by atoms with Gasteiger partial charge >= 0.3 is 5.97 Å². The minimum Gasteiger partial charge on any atom is -0.465 e. The van der Waals surface area contributed by atoms with Crippen molar-refractivity contribution in [1.29, 1.82) is 0 Å². The van der Waals surface area contributed by atoms with Gasteiger partial charge in [-0.15, -0.1) is 0 Å². The van der Waals surface area contributed by atoms with Crippen molar-refractivity contribution in [1.82, 2.24) is 14.8 Å². The average molecular weight is 560 g/mol. The summed E-state index contributed by atoms with van der Waals surface area (Å²) in [6.45, 7) is -0.121. The van der Waals surface area contributed by atoms with Gasteiger partial charge in [0.25, 0.3) is 0 Å². The average Bonchev–Trinajstić information content (AvgIpc) is 3.69. The zero-order valence-electron chi connectivity index (χ0n) is 21.3. The van der Waals surface area contributed by atoms with Crippen molar-refractivity contribution in [3.8, 4) is 11.1 Å². The van der Waals surface area contributed by atoms with Gasteiger partial charge in [0.05, 0.1) is 32.2 Å². The minimum atomic E-state index is -3.67. The maximum atomic E-state index is 14.8. The molecule has 2 atom stereocenters. The van der Waals surface area contributed by atoms with Gasteiger partial charge in [0.15, 0.2) is 0 Å². The molecule has 1 saturated carbocycles. The third-order valence-corrected chi connectivity index (χ3v) is 7.27. The molecule has 1 heterocycles. The van der Waals surface area contributed by atoms with Crippen LogP contribution in [0.5, 0.6) is 0 Å². The van der Waals surface area contributed by atoms with Gasteiger partial charge in [-0.3, -0.25) is 14.6 Å². The molecule has 1 fully saturated rings. The summed E-state index contributed by atoms with van der Waals surface area (Å²) in [7, 11) is -2.54. The van der Waals surface area contributed by atoms with E-state index in [0.29, 0.717) is 12.1 Å². The number of pyridine rings is 1. The Morgan fingerprint density at radius 2 is 1.90 bits per heavy atom. The van der Waals surface area contributed by atoms with Crippen molar-refractivity contribution in [2.75, 3.05) is 20.0 Å². The van der Waals surface area contributed by atoms with Crippen molar-refractivity contribution in [2.45, 2.75) is 19.5 Å². The first-order valence-electron chi connectivity index (χ1n) is 12.0. The van der Waals surface area contributed by atoms with E-state index in [-0.39, 0.29) is 53.8 Å². The first kappa shape index (κ1) is 28.3. The number of amides is 1. The summed E-state index contributed by atoms with van der Waals surface area (Å²) >= 11 is 0. The lowest BCUT2D eigenvalue weighted by Gasteiger charge is -2.19. The third-order valence-electron chi connectivity index (χ3n) is 6.30. The maximum Gasteiger partial charge on any atom is 0.341 e. The van der Waals surface area contributed by atoms with Crippen LogP contribution in [0.3, 0.4) is 0 Å². The van der Waals surface area contributed by atoms with Crippen molar-refractivity contribution >= 4 is 21.9 Å². The second-order valence-electron chi connectivity index (χ2n) is 9.12. The molecule has 0 bridgehead atoms. The number of esters is 1. The number of methoxy groups -OCH3 is 1. The Bertz CT molecular complexity index is 1470. The lowest BCUT2D eigenvalue weighted by atomic mass is 9.98. The van der Waals surface area contributed by atoms with Crippen molar-refractivity contribution in [2.24, 2.45) is 11.8 Å². The van der Waals surface area contributed by atoms with Crippen molar-refractivity contribution in [3.63, 3.8) is 0 Å². The highest BCUT2D eigenvalue weighted by atomic mass is 32.2. The second-order valence-corrected chi connectivity index (χ2v) is 11.0. The Morgan fingerprint density at radius 3 is 2.56 bits per heavy atom. The Balaban J connectivity index is 1.33. The van der Waals surface area contributed by atoms with E-state index in [1.54, 1.807) is 24.4 Å². The molecule has 1 N–H and O–H groups in total. The Labute approximate surface area is 224 Å². The first-order valence-corrected chi connectivity index (χ1v) is 13.9. The van der Waals surface area contributed by atoms with Crippen LogP contribution in [0, 0.1) is 23.5 Å². The van der Waals surface area contributed by atoms with Gasteiger partial charge < -0.3 is 10.1 Å². The smallest absolute Gasteiger partial charge is 0.341 e. The van der Waals surface area contributed by atoms with Crippen molar-refractivity contribution in [3.05, 3.63) is 89.2 Å². The molecule has 2 unspecified atom stereocenters. The number of carbonyl (C=O) groups excluding carboxylic acids is 2. The summed E-state index contributed by atoms with van der Waals surface area (Å²) in [5, 5.41) is 2.69. The van der Waals surface area contributed by atoms with Crippen LogP contribution in [0.25, 0.3) is 11.1 Å². The van der Waals surface area contributed by atoms with Gasteiger partial charge in [-0.2, -0.15) is 0 Å². The molecular formula is C27H27F2N3O6S. The van der Waals surface area contributed by atoms with Gasteiger partial charge in [0.1, 0.15) is 17.2 Å². The van der Waals surface area contributed by atoms with Gasteiger partial charge in [-0.25, -0.2) is 22.0 Å². The molecule has 0 spiro atoms. The Hall–Kier alpha value is -3.74. The zero-order chi connectivity index (χ0) is 28.2. The maximum absolute atomic E-state index is 14.8. The van der Waals surface area contributed by atoms with Crippen LogP contribution in [0.4, 0.5) is 8.78 Å². The van der Waals surface area contributed by atoms with Gasteiger partial charge in [-0.1, -0.05) is 34.8 Å². The number of hydrogen-bond acceptors (Lipinski definition) is 7. The van der Waals surface area contributed by atoms with Crippen LogP contribution in [0.15, 0.2) is 60.8 Å². The molecule has 1 aliphatic rings. The van der Waals surface area contributed by atoms with E-state index in [2.05, 4.69) is 15.0 Å². The summed E-state index contributed by atoms with van der Waals surface area (Å²) in [6, 6.07) is 13.3. The fourth-order valence-electron chi connectivity index (χ4n) is 4.06. The largest absolute Gasteiger partial charge is 0.465 e. The summed E-state index contributed by atoms with van der Waals surface area (Å²) in [5.41, 5.74) is 0.887. The first-order chi connectivity index (χ1) is 18.6. The highest BCUT2D eigenvalue weighted by Gasteiger charge is 2.43. The standard InChI is InChI=1S/C27H27F2N3O6S/c1-37-27(34)25-21(7-5-8-23(25)28)17-9-10-18(24(29)13-17)14-31-26(33)22-12-19(22)16-38-32(39(2,35)36)15-20-6-3-4-11-30-20/h3-11,13,19,22H,12,14-16H2,1-2H3,(H,31,33). The summed E-state index contributed by atoms with van der Waals surface area (Å²) in [4.78, 5) is 34.2. The van der Waals surface area contributed by atoms with E-state index < -0.39 is 33.5 Å². The normalized spacial score (nSPS) is 16.6. The highest BCUT2D eigenvalue weighted by molar-refractivity contribution is 7.88. The summed E-state index contributed by atoms with van der Waals surface area (Å²) < 4.78 is 58.8. The molecule has 12 heteroatoms. The molecule has 3 aromatic rings. The van der Waals surface area contributed by atoms with Gasteiger partial charge in [0, 0.05) is 24.2 Å². The number of ether oxygens (including phenoxy) is 1. The van der Waals surface area contributed by atoms with E-state index in [0.717, 1.165) is 30.0 Å². The molecular weight excluding hydrogens is 532 g/mol. The molecule has 2 aromatic carbocycles. The molecule has 0 saturated heterocycles. The molecule has 206 valence electrons. The Morgan fingerprint density at radius 1 is 1.10 bits per heavy atom. The molecule has 1 aromatic heterocycles. The van der Waals surface area contributed by atoms with E-state index in [1.807, 2.05) is 0 Å². The summed E-state index contributed by atoms with van der Waals surface area (Å²) in [5.74, 6) is -3.18. The van der Waals surface area contributed by atoms with Crippen LogP contribution in [-0.4, -0.2) is 49.7 Å². The zero-order valence-corrected chi connectivity index (χ0v) is 22.1. The SMILES string of the molecule is COC(=O)c1c(F)cccc1-c1ccc(CNC(=O)C2CC2CON(Cc2ccccn2)S(C)(=O)=O)c(F)c1. The predicted molar refractivity (Wildman–Crippen MR) is 137 cm³/mol. The number of nitrogens with zero attached hydrogens (tertiary/aromatic N) is 2. The van der Waals surface area contributed by atoms with Crippen LogP contribution in [0.2, 0.25) is 0 Å². The molecule has 4 rings (SSSR count). The van der Waals surface area contributed by atoms with E-state index in [1.165, 1.54) is 24.3 Å². The number of hydrogen-bond donors (Lipinski definition) is 1. The number of hydroxylamine groups is 1. The van der Waals surface area contributed by atoms with E-state index in [9.17, 15) is 26.8 Å². The molecule has 9 nitrogen and oxygen atoms in total. The highest BCUT2D eigenvalue weighted by Crippen LogP contribution is 2.39.